The lowest BCUT2D eigenvalue weighted by atomic mass is 9.33. The monoisotopic (exact) mass is 1420 g/mol. The molecule has 109 heavy (non-hydrogen) atoms. The van der Waals surface area contributed by atoms with Crippen LogP contribution in [0.4, 0.5) is 34.1 Å². The van der Waals surface area contributed by atoms with E-state index >= 15 is 0 Å². The first-order valence-corrected chi connectivity index (χ1v) is 41.9. The van der Waals surface area contributed by atoms with E-state index in [1.807, 2.05) is 0 Å². The first-order valence-electron chi connectivity index (χ1n) is 37.9. The van der Waals surface area contributed by atoms with Crippen LogP contribution in [0, 0.1) is 0 Å². The Morgan fingerprint density at radius 1 is 0.211 bits per heavy atom. The van der Waals surface area contributed by atoms with Gasteiger partial charge in [0.15, 0.2) is 16.1 Å². The second-order valence-corrected chi connectivity index (χ2v) is 36.4. The third-order valence-corrected chi connectivity index (χ3v) is 33.0. The van der Waals surface area contributed by atoms with Gasteiger partial charge in [-0.2, -0.15) is 0 Å². The summed E-state index contributed by atoms with van der Waals surface area (Å²) in [5, 5.41) is 15.3. The predicted octanol–water partition coefficient (Wildman–Crippen LogP) is 18.1. The summed E-state index contributed by atoms with van der Waals surface area (Å²) in [5.41, 5.74) is 22.0. The molecule has 0 bridgehead atoms. The van der Waals surface area contributed by atoms with E-state index < -0.39 is 16.1 Å². The number of benzene rings is 17. The summed E-state index contributed by atoms with van der Waals surface area (Å²) >= 11 is 0. The summed E-state index contributed by atoms with van der Waals surface area (Å²) in [6.45, 7) is -0.315. The van der Waals surface area contributed by atoms with Gasteiger partial charge in [-0.3, -0.25) is 0 Å². The Kier molecular flexibility index (Phi) is 15.3. The van der Waals surface area contributed by atoms with Crippen LogP contribution in [0.25, 0.3) is 77.2 Å². The second kappa shape index (κ2) is 26.2. The number of hydrogen-bond donors (Lipinski definition) is 0. The Bertz CT molecular complexity index is 6080. The quantitative estimate of drug-likeness (QED) is 0.0797. The molecule has 2 aliphatic heterocycles. The SMILES string of the molecule is c1ccc(-c2cccc3c4ccccc4n(-c4ccc5c(c4)B4c6cc(-n7c8ccccc8c8cccc(-c9ccccc9)c87)ccc6N(c6ccccc6[Si](c6ccccc6)(c6ccccc6)c6ccccc6)c6cccc(c64)N5c4ccccc4[Si](c4ccccc4)(c4ccccc4)c4ccccc4)c23)cc1. The normalized spacial score (nSPS) is 12.5. The van der Waals surface area contributed by atoms with Crippen molar-refractivity contribution in [2.75, 3.05) is 9.80 Å². The minimum Gasteiger partial charge on any atom is -0.312 e. The first-order chi connectivity index (χ1) is 54.2. The van der Waals surface area contributed by atoms with Crippen LogP contribution in [0.2, 0.25) is 0 Å². The van der Waals surface area contributed by atoms with Gasteiger partial charge in [-0.05, 0) is 142 Å². The molecular formula is C102H71BN4Si2. The third-order valence-electron chi connectivity index (χ3n) is 23.4. The van der Waals surface area contributed by atoms with Crippen LogP contribution >= 0.6 is 0 Å². The van der Waals surface area contributed by atoms with E-state index in [9.17, 15) is 0 Å². The second-order valence-electron chi connectivity index (χ2n) is 28.9. The smallest absolute Gasteiger partial charge is 0.252 e. The molecule has 4 heterocycles. The molecule has 0 fully saturated rings. The lowest BCUT2D eigenvalue weighted by molar-refractivity contribution is 1.17. The molecule has 0 saturated heterocycles. The average Bonchev–Trinajstić information content (AvgIpc) is 0.881. The molecule has 0 aliphatic carbocycles. The summed E-state index contributed by atoms with van der Waals surface area (Å²) in [5.74, 6) is 0. The summed E-state index contributed by atoms with van der Waals surface area (Å²) < 4.78 is 5.13. The molecule has 0 unspecified atom stereocenters. The van der Waals surface area contributed by atoms with Crippen LogP contribution in [0.15, 0.2) is 431 Å². The molecule has 0 amide bonds. The maximum atomic E-state index is 2.69. The standard InChI is InChI=1S/C102H71BN4Si2/c1-9-36-72(37-10-1)82-54-33-56-86-84-52-25-27-58-90(84)104(101(82)86)74-66-68-92-88(70-74)103-89-71-75(105-91-59-28-26-53-85(91)87-57-34-55-83(102(87)105)73-38-11-2-12-39-73)67-69-93(89)107(95-61-30-32-65-99(95)109(79-46-19-6-20-47-79,80-48-21-7-22-49-80)81-50-23-8-24-51-81)97-63-35-62-96(100(97)103)106(92)94-60-29-31-64-98(94)108(76-40-13-3-14-41-76,77-42-15-4-16-43-77)78-44-17-5-18-45-78/h1-71H. The van der Waals surface area contributed by atoms with Crippen molar-refractivity contribution in [2.45, 2.75) is 0 Å². The minimum atomic E-state index is -3.27. The number of rotatable bonds is 14. The van der Waals surface area contributed by atoms with Crippen LogP contribution in [0.3, 0.4) is 0 Å². The topological polar surface area (TPSA) is 16.3 Å². The summed E-state index contributed by atoms with van der Waals surface area (Å²) in [4.78, 5) is 5.38. The van der Waals surface area contributed by atoms with Crippen LogP contribution < -0.4 is 67.7 Å². The number of para-hydroxylation sites is 6. The van der Waals surface area contributed by atoms with Crippen molar-refractivity contribution in [3.63, 3.8) is 0 Å². The number of anilines is 6. The van der Waals surface area contributed by atoms with Crippen molar-refractivity contribution < 1.29 is 0 Å². The van der Waals surface area contributed by atoms with Gasteiger partial charge >= 0.3 is 0 Å². The van der Waals surface area contributed by atoms with E-state index in [4.69, 9.17) is 0 Å². The van der Waals surface area contributed by atoms with Gasteiger partial charge in [0.25, 0.3) is 6.71 Å². The zero-order valence-corrected chi connectivity index (χ0v) is 61.9. The molecule has 0 saturated carbocycles. The van der Waals surface area contributed by atoms with Gasteiger partial charge in [-0.25, -0.2) is 0 Å². The van der Waals surface area contributed by atoms with Crippen molar-refractivity contribution >= 4 is 158 Å². The van der Waals surface area contributed by atoms with Crippen molar-refractivity contribution in [3.8, 4) is 33.6 Å². The number of hydrogen-bond acceptors (Lipinski definition) is 2. The van der Waals surface area contributed by atoms with E-state index in [0.29, 0.717) is 0 Å². The first kappa shape index (κ1) is 63.9. The van der Waals surface area contributed by atoms with Crippen molar-refractivity contribution in [3.05, 3.63) is 431 Å². The maximum Gasteiger partial charge on any atom is 0.252 e. The highest BCUT2D eigenvalue weighted by Gasteiger charge is 2.50. The largest absolute Gasteiger partial charge is 0.312 e. The average molecular weight is 1420 g/mol. The van der Waals surface area contributed by atoms with E-state index in [1.165, 1.54) is 113 Å². The Morgan fingerprint density at radius 3 is 0.853 bits per heavy atom. The Labute approximate surface area is 637 Å². The Morgan fingerprint density at radius 2 is 0.495 bits per heavy atom. The summed E-state index contributed by atoms with van der Waals surface area (Å²) in [7, 11) is -6.53. The van der Waals surface area contributed by atoms with E-state index in [0.717, 1.165) is 56.5 Å². The minimum absolute atomic E-state index is 0.315. The summed E-state index contributed by atoms with van der Waals surface area (Å²) in [6.07, 6.45) is 0. The lowest BCUT2D eigenvalue weighted by Gasteiger charge is -2.46. The van der Waals surface area contributed by atoms with E-state index in [1.54, 1.807) is 0 Å². The molecule has 0 spiro atoms. The van der Waals surface area contributed by atoms with Gasteiger partial charge in [-0.15, -0.1) is 0 Å². The number of nitrogens with zero attached hydrogens (tertiary/aromatic N) is 4. The van der Waals surface area contributed by atoms with Crippen LogP contribution in [0.1, 0.15) is 0 Å². The Balaban J connectivity index is 0.917. The van der Waals surface area contributed by atoms with Crippen molar-refractivity contribution in [1.29, 1.82) is 0 Å². The molecule has 17 aromatic carbocycles. The van der Waals surface area contributed by atoms with E-state index in [-0.39, 0.29) is 6.71 Å². The third kappa shape index (κ3) is 9.84. The van der Waals surface area contributed by atoms with Gasteiger partial charge in [-0.1, -0.05) is 358 Å². The van der Waals surface area contributed by atoms with Crippen LogP contribution in [-0.2, 0) is 0 Å². The molecule has 21 rings (SSSR count). The molecule has 7 heteroatoms. The van der Waals surface area contributed by atoms with Gasteiger partial charge in [0.1, 0.15) is 0 Å². The fourth-order valence-electron chi connectivity index (χ4n) is 19.0. The molecule has 2 aliphatic rings. The zero-order chi connectivity index (χ0) is 72.0. The van der Waals surface area contributed by atoms with Gasteiger partial charge in [0.05, 0.1) is 22.1 Å². The predicted molar refractivity (Wildman–Crippen MR) is 467 cm³/mol. The van der Waals surface area contributed by atoms with Gasteiger partial charge in [0, 0.05) is 78.2 Å². The van der Waals surface area contributed by atoms with Gasteiger partial charge in [0.2, 0.25) is 0 Å². The lowest BCUT2D eigenvalue weighted by Crippen LogP contribution is -2.75. The molecule has 0 radical (unpaired) electrons. The molecular weight excluding hydrogens is 1350 g/mol. The molecule has 510 valence electrons. The van der Waals surface area contributed by atoms with Crippen LogP contribution in [-0.4, -0.2) is 32.0 Å². The van der Waals surface area contributed by atoms with Crippen molar-refractivity contribution in [1.82, 2.24) is 9.13 Å². The molecule has 2 aromatic heterocycles. The summed E-state index contributed by atoms with van der Waals surface area (Å²) in [6, 6.07) is 163. The highest BCUT2D eigenvalue weighted by molar-refractivity contribution is 7.21. The highest BCUT2D eigenvalue weighted by atomic mass is 28.3. The maximum absolute atomic E-state index is 3.27. The van der Waals surface area contributed by atoms with Gasteiger partial charge < -0.3 is 18.9 Å². The van der Waals surface area contributed by atoms with Crippen LogP contribution in [0.5, 0.6) is 0 Å². The molecule has 0 atom stereocenters. The number of fused-ring (bicyclic) bond motifs is 10. The zero-order valence-electron chi connectivity index (χ0n) is 59.9. The molecule has 4 nitrogen and oxygen atoms in total. The fraction of sp³-hybridized carbons (Fsp3) is 0. The highest BCUT2D eigenvalue weighted by Crippen LogP contribution is 2.47. The molecule has 0 N–H and O–H groups in total. The van der Waals surface area contributed by atoms with Crippen molar-refractivity contribution in [2.24, 2.45) is 0 Å². The number of aromatic nitrogens is 2. The van der Waals surface area contributed by atoms with E-state index in [2.05, 4.69) is 450 Å². The molecule has 19 aromatic rings. The fourth-order valence-corrected chi connectivity index (χ4v) is 28.9. The Hall–Kier alpha value is -13.6.